The van der Waals surface area contributed by atoms with Crippen molar-refractivity contribution in [3.8, 4) is 11.1 Å². The Hall–Kier alpha value is -1.45. The molecule has 2 nitrogen and oxygen atoms in total. The average molecular weight is 238 g/mol. The molecule has 1 N–H and O–H groups in total. The number of nitrogens with zero attached hydrogens (tertiary/aromatic N) is 1. The number of pyridine rings is 1. The van der Waals surface area contributed by atoms with E-state index in [4.69, 9.17) is 11.6 Å². The number of benzene rings is 1. The van der Waals surface area contributed by atoms with Gasteiger partial charge >= 0.3 is 0 Å². The van der Waals surface area contributed by atoms with Crippen LogP contribution in [0.5, 0.6) is 0 Å². The Morgan fingerprint density at radius 3 is 2.56 bits per heavy atom. The standard InChI is InChI=1S/C12H9ClFNO/c13-12-5-9(7-16)11(6-15-12)8-1-3-10(14)4-2-8/h1-6,16H,7H2. The molecule has 0 bridgehead atoms. The van der Waals surface area contributed by atoms with E-state index in [1.165, 1.54) is 12.1 Å². The number of aliphatic hydroxyl groups excluding tert-OH is 1. The summed E-state index contributed by atoms with van der Waals surface area (Å²) in [5.74, 6) is -0.295. The van der Waals surface area contributed by atoms with Crippen molar-refractivity contribution in [3.05, 3.63) is 53.1 Å². The highest BCUT2D eigenvalue weighted by Crippen LogP contribution is 2.25. The molecule has 0 spiro atoms. The van der Waals surface area contributed by atoms with Gasteiger partial charge in [-0.15, -0.1) is 0 Å². The van der Waals surface area contributed by atoms with E-state index >= 15 is 0 Å². The molecule has 1 aromatic carbocycles. The van der Waals surface area contributed by atoms with Gasteiger partial charge in [-0.3, -0.25) is 0 Å². The molecular weight excluding hydrogens is 229 g/mol. The van der Waals surface area contributed by atoms with E-state index in [9.17, 15) is 9.50 Å². The minimum atomic E-state index is -0.295. The van der Waals surface area contributed by atoms with Crippen molar-refractivity contribution >= 4 is 11.6 Å². The molecule has 2 aromatic rings. The van der Waals surface area contributed by atoms with Crippen molar-refractivity contribution in [2.24, 2.45) is 0 Å². The molecule has 0 radical (unpaired) electrons. The van der Waals surface area contributed by atoms with Gasteiger partial charge in [0.25, 0.3) is 0 Å². The molecule has 0 aliphatic rings. The van der Waals surface area contributed by atoms with Gasteiger partial charge in [-0.25, -0.2) is 9.37 Å². The van der Waals surface area contributed by atoms with Crippen molar-refractivity contribution in [2.45, 2.75) is 6.61 Å². The van der Waals surface area contributed by atoms with Crippen LogP contribution in [0.1, 0.15) is 5.56 Å². The molecule has 0 aliphatic heterocycles. The third-order valence-corrected chi connectivity index (χ3v) is 2.49. The number of hydrogen-bond donors (Lipinski definition) is 1. The molecule has 0 amide bonds. The van der Waals surface area contributed by atoms with Gasteiger partial charge in [0.1, 0.15) is 11.0 Å². The SMILES string of the molecule is OCc1cc(Cl)ncc1-c1ccc(F)cc1. The van der Waals surface area contributed by atoms with Crippen molar-refractivity contribution in [2.75, 3.05) is 0 Å². The summed E-state index contributed by atoms with van der Waals surface area (Å²) < 4.78 is 12.8. The Morgan fingerprint density at radius 1 is 1.25 bits per heavy atom. The Balaban J connectivity index is 2.51. The number of hydrogen-bond acceptors (Lipinski definition) is 2. The molecule has 2 rings (SSSR count). The molecule has 0 saturated carbocycles. The van der Waals surface area contributed by atoms with E-state index < -0.39 is 0 Å². The maximum Gasteiger partial charge on any atom is 0.129 e. The first-order valence-electron chi connectivity index (χ1n) is 4.72. The maximum atomic E-state index is 12.8. The van der Waals surface area contributed by atoms with E-state index in [1.54, 1.807) is 24.4 Å². The van der Waals surface area contributed by atoms with E-state index in [0.29, 0.717) is 10.7 Å². The van der Waals surface area contributed by atoms with E-state index in [-0.39, 0.29) is 12.4 Å². The minimum absolute atomic E-state index is 0.130. The number of aromatic nitrogens is 1. The minimum Gasteiger partial charge on any atom is -0.392 e. The Labute approximate surface area is 97.3 Å². The smallest absolute Gasteiger partial charge is 0.129 e. The van der Waals surface area contributed by atoms with Crippen LogP contribution in [0.2, 0.25) is 5.15 Å². The van der Waals surface area contributed by atoms with Gasteiger partial charge in [0.15, 0.2) is 0 Å². The van der Waals surface area contributed by atoms with E-state index in [2.05, 4.69) is 4.98 Å². The zero-order valence-electron chi connectivity index (χ0n) is 8.32. The predicted molar refractivity (Wildman–Crippen MR) is 60.6 cm³/mol. The van der Waals surface area contributed by atoms with Crippen LogP contribution in [0, 0.1) is 5.82 Å². The second kappa shape index (κ2) is 4.60. The monoisotopic (exact) mass is 237 g/mol. The lowest BCUT2D eigenvalue weighted by atomic mass is 10.0. The Morgan fingerprint density at radius 2 is 1.94 bits per heavy atom. The summed E-state index contributed by atoms with van der Waals surface area (Å²) in [6.45, 7) is -0.130. The second-order valence-corrected chi connectivity index (χ2v) is 3.72. The maximum absolute atomic E-state index is 12.8. The molecule has 0 atom stereocenters. The van der Waals surface area contributed by atoms with Gasteiger partial charge in [-0.1, -0.05) is 23.7 Å². The quantitative estimate of drug-likeness (QED) is 0.815. The molecule has 0 saturated heterocycles. The fourth-order valence-corrected chi connectivity index (χ4v) is 1.67. The van der Waals surface area contributed by atoms with Crippen LogP contribution >= 0.6 is 11.6 Å². The predicted octanol–water partition coefficient (Wildman–Crippen LogP) is 3.03. The zero-order valence-corrected chi connectivity index (χ0v) is 9.08. The molecule has 0 aliphatic carbocycles. The second-order valence-electron chi connectivity index (χ2n) is 3.33. The van der Waals surface area contributed by atoms with Crippen LogP contribution in [-0.2, 0) is 6.61 Å². The van der Waals surface area contributed by atoms with Crippen molar-refractivity contribution < 1.29 is 9.50 Å². The lowest BCUT2D eigenvalue weighted by molar-refractivity contribution is 0.282. The normalized spacial score (nSPS) is 10.4. The summed E-state index contributed by atoms with van der Waals surface area (Å²) >= 11 is 5.73. The summed E-state index contributed by atoms with van der Waals surface area (Å²) in [5.41, 5.74) is 2.23. The zero-order chi connectivity index (χ0) is 11.5. The van der Waals surface area contributed by atoms with Crippen LogP contribution in [0.3, 0.4) is 0 Å². The summed E-state index contributed by atoms with van der Waals surface area (Å²) in [6.07, 6.45) is 1.57. The molecule has 1 heterocycles. The lowest BCUT2D eigenvalue weighted by Crippen LogP contribution is -1.91. The van der Waals surface area contributed by atoms with Gasteiger partial charge in [0.2, 0.25) is 0 Å². The fraction of sp³-hybridized carbons (Fsp3) is 0.0833. The van der Waals surface area contributed by atoms with Crippen molar-refractivity contribution in [1.29, 1.82) is 0 Å². The topological polar surface area (TPSA) is 33.1 Å². The van der Waals surface area contributed by atoms with Crippen LogP contribution in [0.4, 0.5) is 4.39 Å². The van der Waals surface area contributed by atoms with Gasteiger partial charge in [0, 0.05) is 11.8 Å². The molecule has 0 unspecified atom stereocenters. The number of halogens is 2. The average Bonchev–Trinajstić information content (AvgIpc) is 2.30. The van der Waals surface area contributed by atoms with E-state index in [0.717, 1.165) is 11.1 Å². The van der Waals surface area contributed by atoms with Crippen LogP contribution < -0.4 is 0 Å². The molecule has 16 heavy (non-hydrogen) atoms. The molecule has 4 heteroatoms. The van der Waals surface area contributed by atoms with Gasteiger partial charge in [-0.2, -0.15) is 0 Å². The van der Waals surface area contributed by atoms with Crippen molar-refractivity contribution in [3.63, 3.8) is 0 Å². The van der Waals surface area contributed by atoms with Crippen LogP contribution in [-0.4, -0.2) is 10.1 Å². The largest absolute Gasteiger partial charge is 0.392 e. The van der Waals surface area contributed by atoms with Gasteiger partial charge < -0.3 is 5.11 Å². The lowest BCUT2D eigenvalue weighted by Gasteiger charge is -2.07. The first kappa shape index (κ1) is 11.0. The highest BCUT2D eigenvalue weighted by Gasteiger charge is 2.06. The highest BCUT2D eigenvalue weighted by molar-refractivity contribution is 6.29. The van der Waals surface area contributed by atoms with Gasteiger partial charge in [-0.05, 0) is 29.3 Å². The highest BCUT2D eigenvalue weighted by atomic mass is 35.5. The molecule has 1 aromatic heterocycles. The first-order valence-corrected chi connectivity index (χ1v) is 5.09. The van der Waals surface area contributed by atoms with Crippen LogP contribution in [0.15, 0.2) is 36.5 Å². The first-order chi connectivity index (χ1) is 7.70. The molecule has 82 valence electrons. The summed E-state index contributed by atoms with van der Waals surface area (Å²) in [6, 6.07) is 7.61. The number of aliphatic hydroxyl groups is 1. The summed E-state index contributed by atoms with van der Waals surface area (Å²) in [4.78, 5) is 3.95. The Kier molecular flexibility index (Phi) is 3.17. The molecule has 0 fully saturated rings. The third-order valence-electron chi connectivity index (χ3n) is 2.28. The number of rotatable bonds is 2. The van der Waals surface area contributed by atoms with Crippen molar-refractivity contribution in [1.82, 2.24) is 4.98 Å². The van der Waals surface area contributed by atoms with E-state index in [1.807, 2.05) is 0 Å². The summed E-state index contributed by atoms with van der Waals surface area (Å²) in [7, 11) is 0. The van der Waals surface area contributed by atoms with Crippen LogP contribution in [0.25, 0.3) is 11.1 Å². The Bertz CT molecular complexity index is 499. The summed E-state index contributed by atoms with van der Waals surface area (Å²) in [5, 5.41) is 9.53. The third kappa shape index (κ3) is 2.21. The molecular formula is C12H9ClFNO. The fourth-order valence-electron chi connectivity index (χ4n) is 1.49. The van der Waals surface area contributed by atoms with Gasteiger partial charge in [0.05, 0.1) is 6.61 Å².